The molecule has 0 aliphatic heterocycles. The molecule has 3 nitrogen and oxygen atoms in total. The van der Waals surface area contributed by atoms with E-state index in [1.165, 1.54) is 6.08 Å². The van der Waals surface area contributed by atoms with Crippen molar-refractivity contribution in [2.24, 2.45) is 4.99 Å². The Bertz CT molecular complexity index is 405. The average Bonchev–Trinajstić information content (AvgIpc) is 2.16. The Morgan fingerprint density at radius 2 is 1.93 bits per heavy atom. The van der Waals surface area contributed by atoms with E-state index in [-0.39, 0.29) is 0 Å². The van der Waals surface area contributed by atoms with Crippen LogP contribution in [0.15, 0.2) is 23.2 Å². The molecule has 0 spiro atoms. The van der Waals surface area contributed by atoms with Crippen molar-refractivity contribution in [1.82, 2.24) is 0 Å². The van der Waals surface area contributed by atoms with Gasteiger partial charge in [0.05, 0.1) is 6.07 Å². The quantitative estimate of drug-likeness (QED) is 0.525. The minimum absolute atomic E-state index is 0.728. The van der Waals surface area contributed by atoms with Crippen molar-refractivity contribution in [1.29, 1.82) is 5.26 Å². The summed E-state index contributed by atoms with van der Waals surface area (Å²) in [5.74, 6) is 0. The third-order valence-corrected chi connectivity index (χ3v) is 2.12. The highest BCUT2D eigenvalue weighted by Gasteiger charge is 2.13. The summed E-state index contributed by atoms with van der Waals surface area (Å²) in [7, 11) is 0. The number of nitriles is 1. The summed E-state index contributed by atoms with van der Waals surface area (Å²) in [6, 6.07) is 6.95. The first-order valence-corrected chi connectivity index (χ1v) is 4.23. The highest BCUT2D eigenvalue weighted by atomic mass is 16.1. The molecule has 0 N–H and O–H groups in total. The largest absolute Gasteiger partial charge is 0.236 e. The molecule has 0 heterocycles. The zero-order valence-corrected chi connectivity index (χ0v) is 8.11. The van der Waals surface area contributed by atoms with Gasteiger partial charge in [-0.25, -0.2) is 4.79 Å². The van der Waals surface area contributed by atoms with Crippen LogP contribution >= 0.6 is 0 Å². The molecule has 0 aliphatic carbocycles. The Balaban J connectivity index is 3.30. The van der Waals surface area contributed by atoms with Crippen LogP contribution in [0.25, 0.3) is 0 Å². The van der Waals surface area contributed by atoms with Gasteiger partial charge in [-0.15, -0.1) is 0 Å². The molecule has 1 atom stereocenters. The van der Waals surface area contributed by atoms with E-state index in [0.29, 0.717) is 0 Å². The van der Waals surface area contributed by atoms with E-state index in [9.17, 15) is 4.79 Å². The first-order valence-electron chi connectivity index (χ1n) is 4.23. The lowest BCUT2D eigenvalue weighted by molar-refractivity contribution is 0.561. The Morgan fingerprint density at radius 1 is 1.36 bits per heavy atom. The molecular weight excluding hydrogens is 176 g/mol. The molecule has 1 unspecified atom stereocenters. The van der Waals surface area contributed by atoms with Crippen LogP contribution in [0.3, 0.4) is 0 Å². The van der Waals surface area contributed by atoms with Gasteiger partial charge in [-0.1, -0.05) is 18.2 Å². The number of rotatable bonds is 2. The maximum atomic E-state index is 10.1. The molecule has 3 heteroatoms. The molecule has 0 saturated carbocycles. The van der Waals surface area contributed by atoms with Crippen molar-refractivity contribution < 1.29 is 4.79 Å². The molecule has 1 rings (SSSR count). The topological polar surface area (TPSA) is 53.2 Å². The van der Waals surface area contributed by atoms with Crippen LogP contribution in [0.4, 0.5) is 0 Å². The molecule has 1 aromatic rings. The normalized spacial score (nSPS) is 11.2. The van der Waals surface area contributed by atoms with Gasteiger partial charge in [0.25, 0.3) is 0 Å². The SMILES string of the molecule is Cc1cccc(C)c1C(C#N)N=C=O. The molecule has 0 saturated heterocycles. The van der Waals surface area contributed by atoms with Gasteiger partial charge in [-0.2, -0.15) is 10.3 Å². The lowest BCUT2D eigenvalue weighted by Gasteiger charge is -2.09. The Hall–Kier alpha value is -1.91. The summed E-state index contributed by atoms with van der Waals surface area (Å²) in [4.78, 5) is 13.6. The van der Waals surface area contributed by atoms with Crippen molar-refractivity contribution >= 4 is 6.08 Å². The van der Waals surface area contributed by atoms with Crippen molar-refractivity contribution in [3.8, 4) is 6.07 Å². The molecular formula is C11H10N2O. The summed E-state index contributed by atoms with van der Waals surface area (Å²) < 4.78 is 0. The summed E-state index contributed by atoms with van der Waals surface area (Å²) in [5.41, 5.74) is 2.74. The predicted molar refractivity (Wildman–Crippen MR) is 52.4 cm³/mol. The molecule has 0 aliphatic rings. The molecule has 0 fully saturated rings. The molecule has 1 aromatic carbocycles. The zero-order chi connectivity index (χ0) is 10.6. The van der Waals surface area contributed by atoms with Crippen LogP contribution in [0, 0.1) is 25.2 Å². The second kappa shape index (κ2) is 4.36. The molecule has 0 bridgehead atoms. The molecule has 70 valence electrons. The first kappa shape index (κ1) is 10.2. The van der Waals surface area contributed by atoms with Crippen LogP contribution in [0.1, 0.15) is 22.7 Å². The van der Waals surface area contributed by atoms with E-state index in [4.69, 9.17) is 5.26 Å². The van der Waals surface area contributed by atoms with Crippen LogP contribution in [0.5, 0.6) is 0 Å². The van der Waals surface area contributed by atoms with Crippen LogP contribution in [-0.2, 0) is 4.79 Å². The number of aryl methyl sites for hydroxylation is 2. The number of benzene rings is 1. The minimum Gasteiger partial charge on any atom is -0.211 e. The smallest absolute Gasteiger partial charge is 0.211 e. The third-order valence-electron chi connectivity index (χ3n) is 2.12. The Morgan fingerprint density at radius 3 is 2.36 bits per heavy atom. The van der Waals surface area contributed by atoms with E-state index in [1.54, 1.807) is 0 Å². The van der Waals surface area contributed by atoms with Crippen molar-refractivity contribution in [3.05, 3.63) is 34.9 Å². The Labute approximate surface area is 82.7 Å². The Kier molecular flexibility index (Phi) is 3.17. The van der Waals surface area contributed by atoms with Gasteiger partial charge in [0.1, 0.15) is 0 Å². The average molecular weight is 186 g/mol. The van der Waals surface area contributed by atoms with E-state index in [1.807, 2.05) is 38.1 Å². The lowest BCUT2D eigenvalue weighted by Crippen LogP contribution is -1.98. The number of aliphatic imine (C=N–C) groups is 1. The van der Waals surface area contributed by atoms with E-state index in [0.717, 1.165) is 16.7 Å². The second-order valence-electron chi connectivity index (χ2n) is 3.06. The van der Waals surface area contributed by atoms with Gasteiger partial charge >= 0.3 is 0 Å². The third kappa shape index (κ3) is 1.87. The molecule has 0 amide bonds. The predicted octanol–water partition coefficient (Wildman–Crippen LogP) is 2.20. The van der Waals surface area contributed by atoms with Crippen molar-refractivity contribution in [2.45, 2.75) is 19.9 Å². The fourth-order valence-electron chi connectivity index (χ4n) is 1.47. The van der Waals surface area contributed by atoms with Gasteiger partial charge < -0.3 is 0 Å². The maximum absolute atomic E-state index is 10.1. The fourth-order valence-corrected chi connectivity index (χ4v) is 1.47. The summed E-state index contributed by atoms with van der Waals surface area (Å²) >= 11 is 0. The minimum atomic E-state index is -0.728. The summed E-state index contributed by atoms with van der Waals surface area (Å²) in [6.45, 7) is 3.79. The first-order chi connectivity index (χ1) is 6.70. The molecule has 0 aromatic heterocycles. The lowest BCUT2D eigenvalue weighted by atomic mass is 9.97. The molecule has 14 heavy (non-hydrogen) atoms. The second-order valence-corrected chi connectivity index (χ2v) is 3.06. The van der Waals surface area contributed by atoms with Crippen LogP contribution < -0.4 is 0 Å². The van der Waals surface area contributed by atoms with E-state index < -0.39 is 6.04 Å². The van der Waals surface area contributed by atoms with Gasteiger partial charge in [0.2, 0.25) is 6.08 Å². The highest BCUT2D eigenvalue weighted by Crippen LogP contribution is 2.23. The summed E-state index contributed by atoms with van der Waals surface area (Å²) in [5, 5.41) is 8.84. The van der Waals surface area contributed by atoms with Crippen LogP contribution in [0.2, 0.25) is 0 Å². The zero-order valence-electron chi connectivity index (χ0n) is 8.11. The van der Waals surface area contributed by atoms with E-state index in [2.05, 4.69) is 4.99 Å². The van der Waals surface area contributed by atoms with Gasteiger partial charge in [-0.05, 0) is 30.5 Å². The number of carbonyl (C=O) groups excluding carboxylic acids is 1. The van der Waals surface area contributed by atoms with Gasteiger partial charge in [0, 0.05) is 0 Å². The van der Waals surface area contributed by atoms with Crippen molar-refractivity contribution in [3.63, 3.8) is 0 Å². The highest BCUT2D eigenvalue weighted by molar-refractivity contribution is 5.43. The maximum Gasteiger partial charge on any atom is 0.236 e. The monoisotopic (exact) mass is 186 g/mol. The van der Waals surface area contributed by atoms with Crippen molar-refractivity contribution in [2.75, 3.05) is 0 Å². The van der Waals surface area contributed by atoms with E-state index >= 15 is 0 Å². The van der Waals surface area contributed by atoms with Crippen LogP contribution in [-0.4, -0.2) is 6.08 Å². The number of nitrogens with zero attached hydrogens (tertiary/aromatic N) is 2. The fraction of sp³-hybridized carbons (Fsp3) is 0.273. The van der Waals surface area contributed by atoms with Gasteiger partial charge in [0.15, 0.2) is 6.04 Å². The summed E-state index contributed by atoms with van der Waals surface area (Å²) in [6.07, 6.45) is 1.42. The molecule has 0 radical (unpaired) electrons. The number of hydrogen-bond donors (Lipinski definition) is 0. The standard InChI is InChI=1S/C11H10N2O/c1-8-4-3-5-9(2)11(8)10(6-12)13-7-14/h3-5,10H,1-2H3. The number of isocyanates is 1. The number of hydrogen-bond acceptors (Lipinski definition) is 3. The van der Waals surface area contributed by atoms with Gasteiger partial charge in [-0.3, -0.25) is 0 Å².